The van der Waals surface area contributed by atoms with Gasteiger partial charge in [-0.05, 0) is 43.5 Å². The van der Waals surface area contributed by atoms with Crippen molar-refractivity contribution < 1.29 is 13.9 Å². The van der Waals surface area contributed by atoms with Gasteiger partial charge in [-0.3, -0.25) is 4.79 Å². The minimum absolute atomic E-state index is 0. The molecule has 5 heteroatoms. The van der Waals surface area contributed by atoms with Gasteiger partial charge in [0, 0.05) is 11.6 Å². The predicted octanol–water partition coefficient (Wildman–Crippen LogP) is 4.31. The summed E-state index contributed by atoms with van der Waals surface area (Å²) in [6, 6.07) is 14.6. The molecule has 0 radical (unpaired) electrons. The van der Waals surface area contributed by atoms with Gasteiger partial charge >= 0.3 is 5.97 Å². The van der Waals surface area contributed by atoms with Gasteiger partial charge in [-0.2, -0.15) is 0 Å². The van der Waals surface area contributed by atoms with Crippen molar-refractivity contribution >= 4 is 18.4 Å². The lowest BCUT2D eigenvalue weighted by atomic mass is 9.97. The first-order chi connectivity index (χ1) is 11.6. The monoisotopic (exact) mass is 363 g/mol. The van der Waals surface area contributed by atoms with Crippen LogP contribution in [0.2, 0.25) is 0 Å². The number of esters is 1. The predicted molar refractivity (Wildman–Crippen MR) is 99.5 cm³/mol. The highest BCUT2D eigenvalue weighted by Crippen LogP contribution is 2.26. The molecule has 3 rings (SSSR count). The molecule has 134 valence electrons. The van der Waals surface area contributed by atoms with Crippen molar-refractivity contribution in [2.45, 2.75) is 31.7 Å². The maximum atomic E-state index is 14.4. The van der Waals surface area contributed by atoms with Crippen LogP contribution in [0.3, 0.4) is 0 Å². The van der Waals surface area contributed by atoms with Crippen LogP contribution < -0.4 is 5.32 Å². The molecule has 2 unspecified atom stereocenters. The smallest absolute Gasteiger partial charge is 0.313 e. The van der Waals surface area contributed by atoms with E-state index in [0.717, 1.165) is 24.9 Å². The molecule has 1 aliphatic rings. The van der Waals surface area contributed by atoms with Crippen molar-refractivity contribution in [3.8, 4) is 11.1 Å². The number of carbonyl (C=O) groups excluding carboxylic acids is 1. The quantitative estimate of drug-likeness (QED) is 0.804. The standard InChI is InChI=1S/C20H22FNO2.ClH/c1-14(20(23)24-13-17-8-5-11-22-17)16-9-10-18(19(21)12-16)15-6-3-2-4-7-15;/h2-4,6-7,9-10,12,14,17,22H,5,8,11,13H2,1H3;1H. The number of hydrogen-bond donors (Lipinski definition) is 1. The summed E-state index contributed by atoms with van der Waals surface area (Å²) in [5.41, 5.74) is 2.00. The third kappa shape index (κ3) is 4.80. The Bertz CT molecular complexity index is 702. The van der Waals surface area contributed by atoms with E-state index in [1.54, 1.807) is 19.1 Å². The molecule has 2 aromatic rings. The summed E-state index contributed by atoms with van der Waals surface area (Å²) >= 11 is 0. The van der Waals surface area contributed by atoms with E-state index in [2.05, 4.69) is 5.32 Å². The number of hydrogen-bond acceptors (Lipinski definition) is 3. The van der Waals surface area contributed by atoms with Crippen molar-refractivity contribution in [1.29, 1.82) is 0 Å². The van der Waals surface area contributed by atoms with Gasteiger partial charge in [0.15, 0.2) is 0 Å². The number of benzene rings is 2. The van der Waals surface area contributed by atoms with Gasteiger partial charge < -0.3 is 10.1 Å². The Balaban J connectivity index is 0.00000225. The van der Waals surface area contributed by atoms with Crippen LogP contribution in [-0.2, 0) is 9.53 Å². The summed E-state index contributed by atoms with van der Waals surface area (Å²) in [7, 11) is 0. The lowest BCUT2D eigenvalue weighted by molar-refractivity contribution is -0.145. The molecule has 2 atom stereocenters. The van der Waals surface area contributed by atoms with Gasteiger partial charge in [0.05, 0.1) is 5.92 Å². The number of ether oxygens (including phenoxy) is 1. The van der Waals surface area contributed by atoms with Crippen LogP contribution in [-0.4, -0.2) is 25.2 Å². The Labute approximate surface area is 154 Å². The normalized spacial score (nSPS) is 17.6. The molecule has 0 aromatic heterocycles. The summed E-state index contributed by atoms with van der Waals surface area (Å²) in [4.78, 5) is 12.2. The highest BCUT2D eigenvalue weighted by Gasteiger charge is 2.21. The van der Waals surface area contributed by atoms with E-state index < -0.39 is 5.92 Å². The van der Waals surface area contributed by atoms with Crippen LogP contribution in [0.4, 0.5) is 4.39 Å². The van der Waals surface area contributed by atoms with Crippen molar-refractivity contribution in [2.75, 3.05) is 13.2 Å². The Hall–Kier alpha value is -1.91. The SMILES string of the molecule is CC(C(=O)OCC1CCCN1)c1ccc(-c2ccccc2)c(F)c1.Cl. The second-order valence-electron chi connectivity index (χ2n) is 6.25. The van der Waals surface area contributed by atoms with Crippen molar-refractivity contribution in [2.24, 2.45) is 0 Å². The maximum absolute atomic E-state index is 14.4. The molecular formula is C20H23ClFNO2. The molecule has 0 amide bonds. The maximum Gasteiger partial charge on any atom is 0.313 e. The molecule has 1 aliphatic heterocycles. The van der Waals surface area contributed by atoms with E-state index >= 15 is 0 Å². The number of rotatable bonds is 5. The average Bonchev–Trinajstić information content (AvgIpc) is 3.13. The Morgan fingerprint density at radius 3 is 2.68 bits per heavy atom. The highest BCUT2D eigenvalue weighted by atomic mass is 35.5. The molecule has 3 nitrogen and oxygen atoms in total. The molecule has 0 bridgehead atoms. The Kier molecular flexibility index (Phi) is 6.97. The summed E-state index contributed by atoms with van der Waals surface area (Å²) in [6.45, 7) is 3.11. The zero-order valence-corrected chi connectivity index (χ0v) is 15.0. The first-order valence-corrected chi connectivity index (χ1v) is 8.40. The Morgan fingerprint density at radius 1 is 1.28 bits per heavy atom. The van der Waals surface area contributed by atoms with Gasteiger partial charge in [-0.1, -0.05) is 42.5 Å². The number of carbonyl (C=O) groups is 1. The fourth-order valence-electron chi connectivity index (χ4n) is 3.00. The molecule has 1 saturated heterocycles. The summed E-state index contributed by atoms with van der Waals surface area (Å²) in [5, 5.41) is 3.29. The largest absolute Gasteiger partial charge is 0.464 e. The van der Waals surface area contributed by atoms with E-state index in [-0.39, 0.29) is 30.2 Å². The highest BCUT2D eigenvalue weighted by molar-refractivity contribution is 5.85. The molecule has 0 spiro atoms. The van der Waals surface area contributed by atoms with E-state index in [0.29, 0.717) is 17.7 Å². The van der Waals surface area contributed by atoms with Crippen LogP contribution in [0.25, 0.3) is 11.1 Å². The third-order valence-corrected chi connectivity index (χ3v) is 4.52. The van der Waals surface area contributed by atoms with E-state index in [4.69, 9.17) is 4.74 Å². The molecule has 1 N–H and O–H groups in total. The third-order valence-electron chi connectivity index (χ3n) is 4.52. The van der Waals surface area contributed by atoms with E-state index in [1.165, 1.54) is 6.07 Å². The lowest BCUT2D eigenvalue weighted by Gasteiger charge is -2.15. The van der Waals surface area contributed by atoms with Crippen molar-refractivity contribution in [3.05, 3.63) is 59.9 Å². The second-order valence-corrected chi connectivity index (χ2v) is 6.25. The Morgan fingerprint density at radius 2 is 2.04 bits per heavy atom. The zero-order valence-electron chi connectivity index (χ0n) is 14.2. The van der Waals surface area contributed by atoms with Crippen LogP contribution in [0, 0.1) is 5.82 Å². The molecule has 0 saturated carbocycles. The molecule has 2 aromatic carbocycles. The molecular weight excluding hydrogens is 341 g/mol. The fourth-order valence-corrected chi connectivity index (χ4v) is 3.00. The van der Waals surface area contributed by atoms with Crippen LogP contribution in [0.15, 0.2) is 48.5 Å². The molecule has 0 aliphatic carbocycles. The van der Waals surface area contributed by atoms with Crippen LogP contribution >= 0.6 is 12.4 Å². The van der Waals surface area contributed by atoms with E-state index in [9.17, 15) is 9.18 Å². The lowest BCUT2D eigenvalue weighted by Crippen LogP contribution is -2.29. The molecule has 25 heavy (non-hydrogen) atoms. The van der Waals surface area contributed by atoms with Gasteiger partial charge in [0.2, 0.25) is 0 Å². The number of halogens is 2. The second kappa shape index (κ2) is 8.97. The number of nitrogens with one attached hydrogen (secondary N) is 1. The minimum atomic E-state index is -0.481. The first kappa shape index (κ1) is 19.4. The van der Waals surface area contributed by atoms with E-state index in [1.807, 2.05) is 30.3 Å². The topological polar surface area (TPSA) is 38.3 Å². The van der Waals surface area contributed by atoms with Crippen LogP contribution in [0.1, 0.15) is 31.2 Å². The zero-order chi connectivity index (χ0) is 16.9. The summed E-state index contributed by atoms with van der Waals surface area (Å²) in [6.07, 6.45) is 2.14. The van der Waals surface area contributed by atoms with Crippen molar-refractivity contribution in [1.82, 2.24) is 5.32 Å². The van der Waals surface area contributed by atoms with Crippen LogP contribution in [0.5, 0.6) is 0 Å². The molecule has 1 fully saturated rings. The molecule has 1 heterocycles. The summed E-state index contributed by atoms with van der Waals surface area (Å²) < 4.78 is 19.8. The van der Waals surface area contributed by atoms with Gasteiger partial charge in [0.1, 0.15) is 12.4 Å². The van der Waals surface area contributed by atoms with Gasteiger partial charge in [-0.15, -0.1) is 12.4 Å². The van der Waals surface area contributed by atoms with Gasteiger partial charge in [-0.25, -0.2) is 4.39 Å². The van der Waals surface area contributed by atoms with Crippen molar-refractivity contribution in [3.63, 3.8) is 0 Å². The fraction of sp³-hybridized carbons (Fsp3) is 0.350. The van der Waals surface area contributed by atoms with Gasteiger partial charge in [0.25, 0.3) is 0 Å². The average molecular weight is 364 g/mol. The minimum Gasteiger partial charge on any atom is -0.464 e. The first-order valence-electron chi connectivity index (χ1n) is 8.40. The summed E-state index contributed by atoms with van der Waals surface area (Å²) in [5.74, 6) is -1.11.